The smallest absolute Gasteiger partial charge is 0.320 e. The summed E-state index contributed by atoms with van der Waals surface area (Å²) < 4.78 is 0. The molecular formula is C16H24NO2P. The third-order valence-corrected chi connectivity index (χ3v) is 5.95. The van der Waals surface area contributed by atoms with Gasteiger partial charge in [-0.1, -0.05) is 59.7 Å². The summed E-state index contributed by atoms with van der Waals surface area (Å²) in [6, 6.07) is 10.1. The van der Waals surface area contributed by atoms with E-state index in [0.29, 0.717) is 8.58 Å². The minimum Gasteiger partial charge on any atom is -0.480 e. The van der Waals surface area contributed by atoms with Crippen molar-refractivity contribution < 1.29 is 9.90 Å². The first kappa shape index (κ1) is 15.5. The van der Waals surface area contributed by atoms with Crippen molar-refractivity contribution in [3.05, 3.63) is 30.3 Å². The zero-order chi connectivity index (χ0) is 14.8. The normalized spacial score (nSPS) is 22.4. The average Bonchev–Trinajstić information content (AvgIpc) is 2.84. The molecule has 0 aromatic heterocycles. The Morgan fingerprint density at radius 1 is 1.35 bits per heavy atom. The summed E-state index contributed by atoms with van der Waals surface area (Å²) in [6.45, 7) is 7.54. The van der Waals surface area contributed by atoms with E-state index in [1.807, 2.05) is 6.07 Å². The van der Waals surface area contributed by atoms with Crippen molar-refractivity contribution in [2.75, 3.05) is 6.54 Å². The molecule has 20 heavy (non-hydrogen) atoms. The topological polar surface area (TPSA) is 40.5 Å². The summed E-state index contributed by atoms with van der Waals surface area (Å²) in [5.74, 6) is -0.386. The molecule has 3 atom stereocenters. The summed E-state index contributed by atoms with van der Waals surface area (Å²) in [7, 11) is 0.622. The van der Waals surface area contributed by atoms with E-state index in [9.17, 15) is 9.90 Å². The molecule has 1 aliphatic rings. The van der Waals surface area contributed by atoms with Crippen LogP contribution in [0.1, 0.15) is 33.6 Å². The number of carbonyl (C=O) groups is 1. The molecule has 1 saturated heterocycles. The van der Waals surface area contributed by atoms with E-state index in [4.69, 9.17) is 0 Å². The van der Waals surface area contributed by atoms with Gasteiger partial charge in [0, 0.05) is 5.78 Å². The zero-order valence-electron chi connectivity index (χ0n) is 12.5. The number of likely N-dealkylation sites (tertiary alicyclic amines) is 1. The van der Waals surface area contributed by atoms with Crippen molar-refractivity contribution in [1.29, 1.82) is 0 Å². The molecule has 0 radical (unpaired) electrons. The third kappa shape index (κ3) is 3.59. The van der Waals surface area contributed by atoms with Crippen LogP contribution in [-0.4, -0.2) is 34.3 Å². The maximum absolute atomic E-state index is 11.5. The second-order valence-corrected chi connectivity index (χ2v) is 7.93. The van der Waals surface area contributed by atoms with Crippen LogP contribution >= 0.6 is 8.58 Å². The number of nitrogens with zero attached hydrogens (tertiary/aromatic N) is 1. The van der Waals surface area contributed by atoms with Gasteiger partial charge in [0.25, 0.3) is 0 Å². The minimum absolute atomic E-state index is 0.0757. The first-order chi connectivity index (χ1) is 9.39. The monoisotopic (exact) mass is 293 g/mol. The van der Waals surface area contributed by atoms with E-state index >= 15 is 0 Å². The Kier molecular flexibility index (Phi) is 4.82. The van der Waals surface area contributed by atoms with E-state index in [-0.39, 0.29) is 17.2 Å². The highest BCUT2D eigenvalue weighted by molar-refractivity contribution is 7.48. The van der Waals surface area contributed by atoms with E-state index in [1.54, 1.807) is 0 Å². The van der Waals surface area contributed by atoms with Gasteiger partial charge in [-0.05, 0) is 30.1 Å². The Hall–Kier alpha value is -0.920. The maximum atomic E-state index is 11.5. The molecule has 1 aromatic carbocycles. The average molecular weight is 293 g/mol. The predicted molar refractivity (Wildman–Crippen MR) is 85.0 cm³/mol. The van der Waals surface area contributed by atoms with E-state index in [0.717, 1.165) is 19.4 Å². The Balaban J connectivity index is 2.22. The SMILES string of the molecule is CC(C)(C)C(Pc1ccccc1)N1CCC[C@H]1C(=O)O. The summed E-state index contributed by atoms with van der Waals surface area (Å²) in [5, 5.41) is 10.7. The van der Waals surface area contributed by atoms with Gasteiger partial charge in [-0.3, -0.25) is 9.69 Å². The number of carboxylic acid groups (broad SMARTS) is 1. The van der Waals surface area contributed by atoms with Gasteiger partial charge < -0.3 is 5.11 Å². The molecule has 1 aliphatic heterocycles. The fourth-order valence-electron chi connectivity index (χ4n) is 2.85. The minimum atomic E-state index is -0.672. The molecule has 3 nitrogen and oxygen atoms in total. The van der Waals surface area contributed by atoms with Crippen LogP contribution in [0.15, 0.2) is 30.3 Å². The Morgan fingerprint density at radius 3 is 2.55 bits per heavy atom. The highest BCUT2D eigenvalue weighted by Gasteiger charge is 2.40. The lowest BCUT2D eigenvalue weighted by Crippen LogP contribution is -2.47. The van der Waals surface area contributed by atoms with Crippen LogP contribution in [0.4, 0.5) is 0 Å². The number of rotatable bonds is 4. The van der Waals surface area contributed by atoms with E-state index < -0.39 is 5.97 Å². The number of carboxylic acids is 1. The van der Waals surface area contributed by atoms with Crippen LogP contribution in [0.5, 0.6) is 0 Å². The Labute approximate surface area is 123 Å². The number of benzene rings is 1. The molecule has 1 aromatic rings. The quantitative estimate of drug-likeness (QED) is 0.868. The molecule has 1 N–H and O–H groups in total. The molecule has 0 spiro atoms. The number of hydrogen-bond donors (Lipinski definition) is 1. The first-order valence-corrected chi connectivity index (χ1v) is 8.27. The van der Waals surface area contributed by atoms with Crippen LogP contribution in [0.2, 0.25) is 0 Å². The van der Waals surface area contributed by atoms with Gasteiger partial charge in [0.2, 0.25) is 0 Å². The summed E-state index contributed by atoms with van der Waals surface area (Å²) in [5.41, 5.74) is 0.0757. The predicted octanol–water partition coefficient (Wildman–Crippen LogP) is 2.91. The fourth-order valence-corrected chi connectivity index (χ4v) is 4.46. The third-order valence-electron chi connectivity index (χ3n) is 3.81. The first-order valence-electron chi connectivity index (χ1n) is 7.20. The van der Waals surface area contributed by atoms with E-state index in [1.165, 1.54) is 5.30 Å². The highest BCUT2D eigenvalue weighted by Crippen LogP contribution is 2.40. The van der Waals surface area contributed by atoms with Gasteiger partial charge in [0.05, 0.1) is 0 Å². The zero-order valence-corrected chi connectivity index (χ0v) is 13.5. The molecule has 1 heterocycles. The molecule has 2 rings (SSSR count). The lowest BCUT2D eigenvalue weighted by Gasteiger charge is -2.40. The number of hydrogen-bond acceptors (Lipinski definition) is 2. The van der Waals surface area contributed by atoms with Crippen molar-refractivity contribution in [3.8, 4) is 0 Å². The largest absolute Gasteiger partial charge is 0.480 e. The Bertz CT molecular complexity index is 455. The van der Waals surface area contributed by atoms with Gasteiger partial charge >= 0.3 is 5.97 Å². The molecule has 110 valence electrons. The van der Waals surface area contributed by atoms with Crippen LogP contribution in [0, 0.1) is 5.41 Å². The summed E-state index contributed by atoms with van der Waals surface area (Å²) in [4.78, 5) is 13.7. The lowest BCUT2D eigenvalue weighted by molar-refractivity contribution is -0.142. The highest BCUT2D eigenvalue weighted by atomic mass is 31.1. The summed E-state index contributed by atoms with van der Waals surface area (Å²) >= 11 is 0. The summed E-state index contributed by atoms with van der Waals surface area (Å²) in [6.07, 6.45) is 1.77. The van der Waals surface area contributed by atoms with Gasteiger partial charge in [-0.25, -0.2) is 0 Å². The van der Waals surface area contributed by atoms with Crippen LogP contribution in [-0.2, 0) is 4.79 Å². The molecule has 0 aliphatic carbocycles. The fraction of sp³-hybridized carbons (Fsp3) is 0.562. The molecule has 1 fully saturated rings. The molecule has 2 unspecified atom stereocenters. The van der Waals surface area contributed by atoms with Gasteiger partial charge in [-0.2, -0.15) is 0 Å². The van der Waals surface area contributed by atoms with Crippen molar-refractivity contribution in [3.63, 3.8) is 0 Å². The second kappa shape index (κ2) is 6.24. The van der Waals surface area contributed by atoms with Crippen LogP contribution in [0.25, 0.3) is 0 Å². The molecular weight excluding hydrogens is 269 g/mol. The number of aliphatic carboxylic acids is 1. The second-order valence-electron chi connectivity index (χ2n) is 6.51. The van der Waals surface area contributed by atoms with Gasteiger partial charge in [0.15, 0.2) is 0 Å². The molecule has 0 saturated carbocycles. The maximum Gasteiger partial charge on any atom is 0.320 e. The van der Waals surface area contributed by atoms with Crippen LogP contribution < -0.4 is 5.30 Å². The van der Waals surface area contributed by atoms with Crippen molar-refractivity contribution in [2.24, 2.45) is 5.41 Å². The van der Waals surface area contributed by atoms with Crippen molar-refractivity contribution in [2.45, 2.75) is 45.4 Å². The molecule has 4 heteroatoms. The molecule has 0 bridgehead atoms. The van der Waals surface area contributed by atoms with E-state index in [2.05, 4.69) is 49.9 Å². The molecule has 0 amide bonds. The van der Waals surface area contributed by atoms with Gasteiger partial charge in [-0.15, -0.1) is 0 Å². The Morgan fingerprint density at radius 2 is 2.00 bits per heavy atom. The standard InChI is InChI=1S/C16H24NO2P/c1-16(2,3)15(20-12-8-5-4-6-9-12)17-11-7-10-13(17)14(18)19/h4-6,8-9,13,15,20H,7,10-11H2,1-3H3,(H,18,19)/t13-,15?/m0/s1. The van der Waals surface area contributed by atoms with Gasteiger partial charge in [0.1, 0.15) is 6.04 Å². The van der Waals surface area contributed by atoms with Crippen LogP contribution in [0.3, 0.4) is 0 Å². The van der Waals surface area contributed by atoms with Crippen molar-refractivity contribution >= 4 is 19.9 Å². The van der Waals surface area contributed by atoms with Crippen molar-refractivity contribution in [1.82, 2.24) is 4.90 Å². The lowest BCUT2D eigenvalue weighted by atomic mass is 9.95.